The van der Waals surface area contributed by atoms with Gasteiger partial charge in [-0.3, -0.25) is 0 Å². The standard InChI is InChI=1S/C15H14BrCl2NOS/c16-12-5-14(18)15(6-13(12)17)20-8-11-4-3-10(21-11)7-19-9-1-2-9/h3-6,9,19H,1-2,7-8H2. The van der Waals surface area contributed by atoms with Gasteiger partial charge in [0, 0.05) is 32.9 Å². The Morgan fingerprint density at radius 3 is 2.71 bits per heavy atom. The zero-order chi connectivity index (χ0) is 14.8. The Labute approximate surface area is 146 Å². The van der Waals surface area contributed by atoms with Crippen LogP contribution in [0.2, 0.25) is 10.0 Å². The maximum atomic E-state index is 6.14. The summed E-state index contributed by atoms with van der Waals surface area (Å²) >= 11 is 17.3. The number of rotatable bonds is 6. The molecule has 1 heterocycles. The Bertz CT molecular complexity index is 643. The molecule has 1 aromatic heterocycles. The van der Waals surface area contributed by atoms with Crippen molar-refractivity contribution in [2.75, 3.05) is 0 Å². The van der Waals surface area contributed by atoms with Gasteiger partial charge in [-0.1, -0.05) is 23.2 Å². The molecule has 1 aliphatic rings. The monoisotopic (exact) mass is 405 g/mol. The predicted molar refractivity (Wildman–Crippen MR) is 92.7 cm³/mol. The quantitative estimate of drug-likeness (QED) is 0.626. The number of thiophene rings is 1. The molecule has 1 fully saturated rings. The molecule has 21 heavy (non-hydrogen) atoms. The molecule has 1 saturated carbocycles. The van der Waals surface area contributed by atoms with Gasteiger partial charge in [-0.05, 0) is 47.0 Å². The zero-order valence-corrected chi connectivity index (χ0v) is 15.1. The van der Waals surface area contributed by atoms with Crippen LogP contribution in [0.4, 0.5) is 0 Å². The van der Waals surface area contributed by atoms with Gasteiger partial charge in [-0.25, -0.2) is 0 Å². The van der Waals surface area contributed by atoms with Crippen molar-refractivity contribution in [2.24, 2.45) is 0 Å². The highest BCUT2D eigenvalue weighted by Crippen LogP contribution is 2.34. The Hall–Kier alpha value is -0.260. The number of hydrogen-bond donors (Lipinski definition) is 1. The highest BCUT2D eigenvalue weighted by molar-refractivity contribution is 9.10. The van der Waals surface area contributed by atoms with Gasteiger partial charge in [0.05, 0.1) is 10.0 Å². The van der Waals surface area contributed by atoms with Gasteiger partial charge >= 0.3 is 0 Å². The van der Waals surface area contributed by atoms with Crippen molar-refractivity contribution in [3.05, 3.63) is 48.5 Å². The third kappa shape index (κ3) is 4.36. The summed E-state index contributed by atoms with van der Waals surface area (Å²) in [5, 5.41) is 4.66. The lowest BCUT2D eigenvalue weighted by molar-refractivity contribution is 0.310. The second-order valence-corrected chi connectivity index (χ2v) is 7.93. The summed E-state index contributed by atoms with van der Waals surface area (Å²) in [4.78, 5) is 2.51. The lowest BCUT2D eigenvalue weighted by Crippen LogP contribution is -2.14. The molecule has 1 aromatic carbocycles. The van der Waals surface area contributed by atoms with Crippen molar-refractivity contribution in [3.8, 4) is 5.75 Å². The number of nitrogens with one attached hydrogen (secondary N) is 1. The van der Waals surface area contributed by atoms with Crippen molar-refractivity contribution in [2.45, 2.75) is 32.0 Å². The number of hydrogen-bond acceptors (Lipinski definition) is 3. The van der Waals surface area contributed by atoms with Crippen LogP contribution in [-0.2, 0) is 13.2 Å². The van der Waals surface area contributed by atoms with E-state index >= 15 is 0 Å². The minimum atomic E-state index is 0.506. The van der Waals surface area contributed by atoms with Crippen LogP contribution in [0.1, 0.15) is 22.6 Å². The summed E-state index contributed by atoms with van der Waals surface area (Å²) in [6.07, 6.45) is 2.62. The Morgan fingerprint density at radius 2 is 1.95 bits per heavy atom. The molecule has 0 atom stereocenters. The summed E-state index contributed by atoms with van der Waals surface area (Å²) in [6.45, 7) is 1.45. The predicted octanol–water partition coefficient (Wildman–Crippen LogP) is 5.65. The van der Waals surface area contributed by atoms with Crippen LogP contribution in [0.3, 0.4) is 0 Å². The smallest absolute Gasteiger partial charge is 0.140 e. The number of benzene rings is 1. The van der Waals surface area contributed by atoms with E-state index in [4.69, 9.17) is 27.9 Å². The second-order valence-electron chi connectivity index (χ2n) is 5.01. The molecule has 0 spiro atoms. The van der Waals surface area contributed by atoms with Crippen LogP contribution in [-0.4, -0.2) is 6.04 Å². The van der Waals surface area contributed by atoms with Gasteiger partial charge in [-0.15, -0.1) is 11.3 Å². The molecule has 0 radical (unpaired) electrons. The third-order valence-electron chi connectivity index (χ3n) is 3.20. The van der Waals surface area contributed by atoms with E-state index < -0.39 is 0 Å². The fourth-order valence-corrected chi connectivity index (χ4v) is 3.62. The van der Waals surface area contributed by atoms with E-state index in [2.05, 4.69) is 33.4 Å². The Kier molecular flexibility index (Phi) is 5.12. The van der Waals surface area contributed by atoms with E-state index in [9.17, 15) is 0 Å². The number of ether oxygens (including phenoxy) is 1. The normalized spacial score (nSPS) is 14.4. The molecule has 0 unspecified atom stereocenters. The molecule has 0 saturated heterocycles. The molecule has 3 rings (SSSR count). The fourth-order valence-electron chi connectivity index (χ4n) is 1.89. The van der Waals surface area contributed by atoms with Gasteiger partial charge in [0.1, 0.15) is 12.4 Å². The van der Waals surface area contributed by atoms with E-state index in [0.29, 0.717) is 22.4 Å². The van der Waals surface area contributed by atoms with E-state index in [0.717, 1.165) is 17.1 Å². The van der Waals surface area contributed by atoms with Gasteiger partial charge in [0.2, 0.25) is 0 Å². The summed E-state index contributed by atoms with van der Waals surface area (Å²) < 4.78 is 6.53. The highest BCUT2D eigenvalue weighted by Gasteiger charge is 2.20. The Morgan fingerprint density at radius 1 is 1.19 bits per heavy atom. The van der Waals surface area contributed by atoms with Crippen molar-refractivity contribution in [1.29, 1.82) is 0 Å². The molecule has 0 bridgehead atoms. The van der Waals surface area contributed by atoms with Gasteiger partial charge in [0.15, 0.2) is 0 Å². The number of halogens is 3. The van der Waals surface area contributed by atoms with E-state index in [1.807, 2.05) is 0 Å². The molecule has 0 amide bonds. The first-order chi connectivity index (χ1) is 10.1. The molecule has 112 valence electrons. The van der Waals surface area contributed by atoms with Crippen molar-refractivity contribution in [3.63, 3.8) is 0 Å². The largest absolute Gasteiger partial charge is 0.486 e. The molecule has 1 N–H and O–H groups in total. The maximum absolute atomic E-state index is 6.14. The van der Waals surface area contributed by atoms with Crippen LogP contribution in [0.15, 0.2) is 28.7 Å². The average molecular weight is 407 g/mol. The van der Waals surface area contributed by atoms with Crippen LogP contribution in [0.5, 0.6) is 5.75 Å². The van der Waals surface area contributed by atoms with Crippen LogP contribution in [0.25, 0.3) is 0 Å². The zero-order valence-electron chi connectivity index (χ0n) is 11.2. The lowest BCUT2D eigenvalue weighted by Gasteiger charge is -2.08. The molecule has 0 aliphatic heterocycles. The van der Waals surface area contributed by atoms with E-state index in [-0.39, 0.29) is 0 Å². The van der Waals surface area contributed by atoms with Crippen molar-refractivity contribution in [1.82, 2.24) is 5.32 Å². The van der Waals surface area contributed by atoms with Crippen LogP contribution in [0, 0.1) is 0 Å². The first-order valence-corrected chi connectivity index (χ1v) is 9.06. The lowest BCUT2D eigenvalue weighted by atomic mass is 10.3. The molecular weight excluding hydrogens is 393 g/mol. The van der Waals surface area contributed by atoms with Crippen molar-refractivity contribution >= 4 is 50.5 Å². The highest BCUT2D eigenvalue weighted by atomic mass is 79.9. The molecule has 2 nitrogen and oxygen atoms in total. The second kappa shape index (κ2) is 6.88. The third-order valence-corrected chi connectivity index (χ3v) is 5.76. The van der Waals surface area contributed by atoms with Crippen LogP contribution >= 0.6 is 50.5 Å². The van der Waals surface area contributed by atoms with Gasteiger partial charge < -0.3 is 10.1 Å². The molecule has 6 heteroatoms. The minimum Gasteiger partial charge on any atom is -0.486 e. The van der Waals surface area contributed by atoms with E-state index in [1.165, 1.54) is 22.6 Å². The average Bonchev–Trinajstić information content (AvgIpc) is 3.18. The summed E-state index contributed by atoms with van der Waals surface area (Å²) in [5.41, 5.74) is 0. The summed E-state index contributed by atoms with van der Waals surface area (Å²) in [7, 11) is 0. The first-order valence-electron chi connectivity index (χ1n) is 6.70. The topological polar surface area (TPSA) is 21.3 Å². The minimum absolute atomic E-state index is 0.506. The van der Waals surface area contributed by atoms with Gasteiger partial charge in [-0.2, -0.15) is 0 Å². The molecule has 1 aliphatic carbocycles. The maximum Gasteiger partial charge on any atom is 0.140 e. The summed E-state index contributed by atoms with van der Waals surface area (Å²) in [5.74, 6) is 0.607. The Balaban J connectivity index is 1.58. The van der Waals surface area contributed by atoms with Gasteiger partial charge in [0.25, 0.3) is 0 Å². The van der Waals surface area contributed by atoms with E-state index in [1.54, 1.807) is 23.5 Å². The fraction of sp³-hybridized carbons (Fsp3) is 0.333. The van der Waals surface area contributed by atoms with Crippen molar-refractivity contribution < 1.29 is 4.74 Å². The molecule has 2 aromatic rings. The summed E-state index contributed by atoms with van der Waals surface area (Å²) in [6, 6.07) is 8.46. The van der Waals surface area contributed by atoms with Crippen LogP contribution < -0.4 is 10.1 Å². The SMILES string of the molecule is Clc1cc(OCc2ccc(CNC3CC3)s2)c(Cl)cc1Br. The molecular formula is C15H14BrCl2NOS. The first kappa shape index (κ1) is 15.6.